The second kappa shape index (κ2) is 6.22. The Morgan fingerprint density at radius 3 is 2.71 bits per heavy atom. The Morgan fingerprint density at radius 1 is 1.38 bits per heavy atom. The van der Waals surface area contributed by atoms with Crippen LogP contribution in [0.15, 0.2) is 0 Å². The Bertz CT molecular complexity index is 524. The lowest BCUT2D eigenvalue weighted by molar-refractivity contribution is -0.169. The van der Waals surface area contributed by atoms with Gasteiger partial charge < -0.3 is 19.6 Å². The van der Waals surface area contributed by atoms with E-state index < -0.39 is 36.3 Å². The normalized spacial score (nSPS) is 35.4. The van der Waals surface area contributed by atoms with E-state index in [-0.39, 0.29) is 18.4 Å². The van der Waals surface area contributed by atoms with Gasteiger partial charge in [0.1, 0.15) is 0 Å². The molecule has 2 heterocycles. The van der Waals surface area contributed by atoms with E-state index in [2.05, 4.69) is 0 Å². The lowest BCUT2D eigenvalue weighted by Crippen LogP contribution is -2.59. The number of carbonyl (C=O) groups excluding carboxylic acids is 2. The van der Waals surface area contributed by atoms with E-state index in [1.807, 2.05) is 0 Å². The van der Waals surface area contributed by atoms with Crippen LogP contribution >= 0.6 is 0 Å². The molecule has 0 aromatic carbocycles. The first-order chi connectivity index (χ1) is 11.3. The fourth-order valence-corrected chi connectivity index (χ4v) is 4.13. The number of carbonyl (C=O) groups is 2. The molecular weight excluding hydrogens is 322 g/mol. The lowest BCUT2D eigenvalue weighted by Gasteiger charge is -2.45. The fraction of sp³-hybridized carbons (Fsp3) is 0.875. The topological polar surface area (TPSA) is 70.1 Å². The smallest absolute Gasteiger partial charge is 0.266 e. The summed E-state index contributed by atoms with van der Waals surface area (Å²) in [7, 11) is 1.53. The molecular formula is C16H24F2N2O4. The van der Waals surface area contributed by atoms with Crippen LogP contribution in [-0.4, -0.2) is 78.6 Å². The van der Waals surface area contributed by atoms with Crippen molar-refractivity contribution in [3.8, 4) is 0 Å². The van der Waals surface area contributed by atoms with Crippen LogP contribution in [0.2, 0.25) is 0 Å². The molecule has 2 saturated heterocycles. The third-order valence-electron chi connectivity index (χ3n) is 5.45. The van der Waals surface area contributed by atoms with Gasteiger partial charge in [0.15, 0.2) is 0 Å². The molecule has 24 heavy (non-hydrogen) atoms. The number of piperidine rings is 1. The van der Waals surface area contributed by atoms with Gasteiger partial charge >= 0.3 is 0 Å². The van der Waals surface area contributed by atoms with Crippen LogP contribution in [0, 0.1) is 11.3 Å². The van der Waals surface area contributed by atoms with Crippen LogP contribution in [0.3, 0.4) is 0 Å². The van der Waals surface area contributed by atoms with Crippen molar-refractivity contribution in [2.45, 2.75) is 37.7 Å². The van der Waals surface area contributed by atoms with Crippen LogP contribution in [0.5, 0.6) is 0 Å². The molecule has 3 aliphatic rings. The molecule has 0 radical (unpaired) electrons. The molecule has 6 nitrogen and oxygen atoms in total. The molecule has 1 spiro atoms. The largest absolute Gasteiger partial charge is 0.393 e. The standard InChI is InChI=1S/C16H24F2N2O4/c1-24-5-4-19-3-2-15(14(19)23)8-16(17,18)10-20(9-15)13(22)11-6-12(21)7-11/h11-12,21H,2-10H2,1H3. The number of halogens is 2. The number of aliphatic hydroxyl groups excluding tert-OH is 1. The van der Waals surface area contributed by atoms with Crippen molar-refractivity contribution < 1.29 is 28.2 Å². The molecule has 1 atom stereocenters. The van der Waals surface area contributed by atoms with Crippen LogP contribution in [0.25, 0.3) is 0 Å². The molecule has 8 heteroatoms. The quantitative estimate of drug-likeness (QED) is 0.804. The van der Waals surface area contributed by atoms with Gasteiger partial charge in [0.2, 0.25) is 11.8 Å². The minimum Gasteiger partial charge on any atom is -0.393 e. The predicted molar refractivity (Wildman–Crippen MR) is 80.4 cm³/mol. The fourth-order valence-electron chi connectivity index (χ4n) is 4.13. The van der Waals surface area contributed by atoms with Crippen LogP contribution in [0.4, 0.5) is 8.78 Å². The molecule has 3 fully saturated rings. The average Bonchev–Trinajstić information content (AvgIpc) is 2.76. The number of alkyl halides is 2. The number of hydrogen-bond acceptors (Lipinski definition) is 4. The minimum absolute atomic E-state index is 0.0519. The third-order valence-corrected chi connectivity index (χ3v) is 5.45. The summed E-state index contributed by atoms with van der Waals surface area (Å²) in [5, 5.41) is 9.34. The van der Waals surface area contributed by atoms with Gasteiger partial charge in [-0.15, -0.1) is 0 Å². The number of aliphatic hydroxyl groups is 1. The minimum atomic E-state index is -3.07. The summed E-state index contributed by atoms with van der Waals surface area (Å²) in [5.41, 5.74) is -1.19. The summed E-state index contributed by atoms with van der Waals surface area (Å²) < 4.78 is 33.5. The number of likely N-dealkylation sites (tertiary alicyclic amines) is 2. The van der Waals surface area contributed by atoms with Crippen molar-refractivity contribution in [2.75, 3.05) is 39.9 Å². The van der Waals surface area contributed by atoms with E-state index in [1.165, 1.54) is 7.11 Å². The average molecular weight is 346 g/mol. The number of amides is 2. The zero-order valence-corrected chi connectivity index (χ0v) is 13.8. The number of hydrogen-bond donors (Lipinski definition) is 1. The maximum absolute atomic E-state index is 14.3. The van der Waals surface area contributed by atoms with Gasteiger partial charge in [-0.3, -0.25) is 9.59 Å². The highest BCUT2D eigenvalue weighted by molar-refractivity contribution is 5.87. The highest BCUT2D eigenvalue weighted by Crippen LogP contribution is 2.46. The summed E-state index contributed by atoms with van der Waals surface area (Å²) >= 11 is 0. The number of methoxy groups -OCH3 is 1. The Balaban J connectivity index is 1.74. The van der Waals surface area contributed by atoms with E-state index >= 15 is 0 Å². The molecule has 1 N–H and O–H groups in total. The maximum atomic E-state index is 14.3. The van der Waals surface area contributed by atoms with Gasteiger partial charge in [0.05, 0.1) is 24.7 Å². The van der Waals surface area contributed by atoms with Crippen LogP contribution in [0.1, 0.15) is 25.7 Å². The Hall–Kier alpha value is -1.28. The summed E-state index contributed by atoms with van der Waals surface area (Å²) in [6.07, 6.45) is -0.0403. The van der Waals surface area contributed by atoms with Gasteiger partial charge in [-0.2, -0.15) is 0 Å². The van der Waals surface area contributed by atoms with Crippen molar-refractivity contribution in [3.63, 3.8) is 0 Å². The molecule has 0 bridgehead atoms. The summed E-state index contributed by atoms with van der Waals surface area (Å²) in [4.78, 5) is 27.9. The number of rotatable bonds is 4. The van der Waals surface area contributed by atoms with E-state index in [0.717, 1.165) is 4.90 Å². The molecule has 2 amide bonds. The van der Waals surface area contributed by atoms with Crippen LogP contribution in [-0.2, 0) is 14.3 Å². The van der Waals surface area contributed by atoms with Gasteiger partial charge in [-0.25, -0.2) is 8.78 Å². The Kier molecular flexibility index (Phi) is 4.55. The van der Waals surface area contributed by atoms with Crippen LogP contribution < -0.4 is 0 Å². The molecule has 0 aromatic rings. The van der Waals surface area contributed by atoms with Gasteiger partial charge in [0, 0.05) is 39.1 Å². The Morgan fingerprint density at radius 2 is 2.08 bits per heavy atom. The first-order valence-corrected chi connectivity index (χ1v) is 8.39. The second-order valence-electron chi connectivity index (χ2n) is 7.36. The monoisotopic (exact) mass is 346 g/mol. The summed E-state index contributed by atoms with van der Waals surface area (Å²) in [6, 6.07) is 0. The zero-order chi connectivity index (χ0) is 17.5. The van der Waals surface area contributed by atoms with E-state index in [9.17, 15) is 23.5 Å². The highest BCUT2D eigenvalue weighted by atomic mass is 19.3. The van der Waals surface area contributed by atoms with Gasteiger partial charge in [0.25, 0.3) is 5.92 Å². The summed E-state index contributed by atoms with van der Waals surface area (Å²) in [5.74, 6) is -4.12. The molecule has 2 aliphatic heterocycles. The number of nitrogens with zero attached hydrogens (tertiary/aromatic N) is 2. The highest BCUT2D eigenvalue weighted by Gasteiger charge is 2.58. The molecule has 3 rings (SSSR count). The van der Waals surface area contributed by atoms with Crippen molar-refractivity contribution in [3.05, 3.63) is 0 Å². The second-order valence-corrected chi connectivity index (χ2v) is 7.36. The molecule has 1 unspecified atom stereocenters. The lowest BCUT2D eigenvalue weighted by atomic mass is 9.75. The molecule has 1 saturated carbocycles. The summed E-state index contributed by atoms with van der Waals surface area (Å²) in [6.45, 7) is 0.580. The Labute approximate surface area is 139 Å². The first kappa shape index (κ1) is 17.5. The van der Waals surface area contributed by atoms with Gasteiger partial charge in [-0.05, 0) is 19.3 Å². The zero-order valence-electron chi connectivity index (χ0n) is 13.8. The molecule has 1 aliphatic carbocycles. The molecule has 136 valence electrons. The van der Waals surface area contributed by atoms with Crippen molar-refractivity contribution in [1.82, 2.24) is 9.80 Å². The van der Waals surface area contributed by atoms with Crippen molar-refractivity contribution >= 4 is 11.8 Å². The third kappa shape index (κ3) is 3.13. The first-order valence-electron chi connectivity index (χ1n) is 8.39. The van der Waals surface area contributed by atoms with Crippen molar-refractivity contribution in [1.29, 1.82) is 0 Å². The van der Waals surface area contributed by atoms with E-state index in [4.69, 9.17) is 4.74 Å². The van der Waals surface area contributed by atoms with E-state index in [0.29, 0.717) is 39.0 Å². The molecule has 0 aromatic heterocycles. The van der Waals surface area contributed by atoms with Crippen molar-refractivity contribution in [2.24, 2.45) is 11.3 Å². The number of ether oxygens (including phenoxy) is 1. The van der Waals surface area contributed by atoms with Gasteiger partial charge in [-0.1, -0.05) is 0 Å². The predicted octanol–water partition coefficient (Wildman–Crippen LogP) is 0.490. The SMILES string of the molecule is COCCN1CCC2(CN(C(=O)C3CC(O)C3)CC(F)(F)C2)C1=O. The maximum Gasteiger partial charge on any atom is 0.266 e. The van der Waals surface area contributed by atoms with E-state index in [1.54, 1.807) is 4.90 Å².